The Bertz CT molecular complexity index is 1350. The van der Waals surface area contributed by atoms with E-state index >= 15 is 0 Å². The molecule has 0 saturated carbocycles. The van der Waals surface area contributed by atoms with Gasteiger partial charge in [0.05, 0.1) is 0 Å². The quantitative estimate of drug-likeness (QED) is 0.126. The van der Waals surface area contributed by atoms with Gasteiger partial charge in [-0.05, 0) is 0 Å². The maximum atomic E-state index is 7.09. The SMILES string of the molecule is CC=CO[C@@H]1[C@H]([SeH])O[C@H](COCc2ccccc2)[C@@H](OCc2ccccc2)[C@@]1(OCc1ccccc1)c1ccccc1. The average Bonchev–Trinajstić information content (AvgIpc) is 3.05. The molecule has 1 saturated heterocycles. The van der Waals surface area contributed by atoms with Gasteiger partial charge in [0.25, 0.3) is 0 Å². The third kappa shape index (κ3) is 7.40. The second-order valence-corrected chi connectivity index (χ2v) is 11.3. The molecule has 5 rings (SSSR count). The Hall–Kier alpha value is -3.22. The van der Waals surface area contributed by atoms with E-state index in [0.717, 1.165) is 22.3 Å². The number of allylic oxidation sites excluding steroid dienone is 1. The van der Waals surface area contributed by atoms with Crippen LogP contribution in [0, 0.1) is 0 Å². The van der Waals surface area contributed by atoms with Crippen LogP contribution >= 0.6 is 0 Å². The van der Waals surface area contributed by atoms with Gasteiger partial charge in [0.1, 0.15) is 0 Å². The molecule has 5 atom stereocenters. The number of ether oxygens (including phenoxy) is 5. The van der Waals surface area contributed by atoms with Gasteiger partial charge in [0, 0.05) is 0 Å². The molecule has 4 aromatic carbocycles. The zero-order chi connectivity index (χ0) is 29.0. The summed E-state index contributed by atoms with van der Waals surface area (Å²) in [4.78, 5) is 0. The Morgan fingerprint density at radius 2 is 1.21 bits per heavy atom. The van der Waals surface area contributed by atoms with Gasteiger partial charge in [-0.1, -0.05) is 0 Å². The van der Waals surface area contributed by atoms with Crippen LogP contribution in [-0.4, -0.2) is 45.9 Å². The summed E-state index contributed by atoms with van der Waals surface area (Å²) in [5, 5.41) is -0.383. The first-order valence-electron chi connectivity index (χ1n) is 14.3. The molecule has 0 amide bonds. The predicted octanol–water partition coefficient (Wildman–Crippen LogP) is 6.45. The first-order chi connectivity index (χ1) is 20.7. The second-order valence-electron chi connectivity index (χ2n) is 10.2. The van der Waals surface area contributed by atoms with Crippen molar-refractivity contribution in [1.82, 2.24) is 0 Å². The number of rotatable bonds is 13. The van der Waals surface area contributed by atoms with E-state index in [0.29, 0.717) is 26.4 Å². The number of hydrogen-bond acceptors (Lipinski definition) is 5. The summed E-state index contributed by atoms with van der Waals surface area (Å²) in [5.41, 5.74) is 3.16. The van der Waals surface area contributed by atoms with Crippen molar-refractivity contribution in [3.63, 3.8) is 0 Å². The molecule has 0 radical (unpaired) electrons. The van der Waals surface area contributed by atoms with Crippen molar-refractivity contribution in [3.8, 4) is 0 Å². The van der Waals surface area contributed by atoms with Crippen LogP contribution in [0.25, 0.3) is 0 Å². The minimum atomic E-state index is -1.03. The summed E-state index contributed by atoms with van der Waals surface area (Å²) in [6.45, 7) is 3.47. The van der Waals surface area contributed by atoms with Crippen molar-refractivity contribution in [2.24, 2.45) is 0 Å². The Balaban J connectivity index is 1.55. The first-order valence-corrected chi connectivity index (χ1v) is 15.4. The Morgan fingerprint density at radius 3 is 1.79 bits per heavy atom. The zero-order valence-electron chi connectivity index (χ0n) is 23.8. The van der Waals surface area contributed by atoms with Crippen LogP contribution in [0.2, 0.25) is 0 Å². The van der Waals surface area contributed by atoms with Crippen LogP contribution in [0.1, 0.15) is 29.2 Å². The molecule has 1 heterocycles. The molecule has 1 aliphatic heterocycles. The van der Waals surface area contributed by atoms with E-state index in [4.69, 9.17) is 23.7 Å². The van der Waals surface area contributed by atoms with Gasteiger partial charge in [-0.15, -0.1) is 0 Å². The molecule has 5 nitrogen and oxygen atoms in total. The number of hydrogen-bond donors (Lipinski definition) is 0. The summed E-state index contributed by atoms with van der Waals surface area (Å²) in [5.74, 6) is 0. The third-order valence-corrected chi connectivity index (χ3v) is 8.15. The molecule has 0 spiro atoms. The van der Waals surface area contributed by atoms with Crippen LogP contribution < -0.4 is 0 Å². The molecule has 0 bridgehead atoms. The summed E-state index contributed by atoms with van der Waals surface area (Å²) in [6.07, 6.45) is 2.06. The van der Waals surface area contributed by atoms with Crippen molar-refractivity contribution < 1.29 is 23.7 Å². The van der Waals surface area contributed by atoms with Gasteiger partial charge in [-0.25, -0.2) is 0 Å². The van der Waals surface area contributed by atoms with Gasteiger partial charge >= 0.3 is 258 Å². The number of benzene rings is 4. The van der Waals surface area contributed by atoms with Gasteiger partial charge < -0.3 is 0 Å². The van der Waals surface area contributed by atoms with Crippen molar-refractivity contribution in [2.75, 3.05) is 6.61 Å². The minimum absolute atomic E-state index is 0.322. The molecular formula is C36H38O5Se. The molecule has 0 aromatic heterocycles. The third-order valence-electron chi connectivity index (χ3n) is 7.33. The predicted molar refractivity (Wildman–Crippen MR) is 166 cm³/mol. The van der Waals surface area contributed by atoms with Crippen molar-refractivity contribution >= 4 is 16.0 Å². The topological polar surface area (TPSA) is 46.2 Å². The maximum absolute atomic E-state index is 7.09. The van der Waals surface area contributed by atoms with Crippen molar-refractivity contribution in [3.05, 3.63) is 156 Å². The molecule has 6 heteroatoms. The zero-order valence-corrected chi connectivity index (χ0v) is 25.7. The van der Waals surface area contributed by atoms with E-state index < -0.39 is 23.9 Å². The molecule has 0 N–H and O–H groups in total. The molecule has 1 aliphatic rings. The normalized spacial score (nSPS) is 24.0. The fraction of sp³-hybridized carbons (Fsp3) is 0.278. The van der Waals surface area contributed by atoms with E-state index in [1.54, 1.807) is 6.26 Å². The van der Waals surface area contributed by atoms with Crippen LogP contribution in [0.5, 0.6) is 0 Å². The Kier molecular flexibility index (Phi) is 11.0. The van der Waals surface area contributed by atoms with E-state index in [2.05, 4.69) is 64.5 Å². The second kappa shape index (κ2) is 15.3. The Morgan fingerprint density at radius 1 is 0.690 bits per heavy atom. The van der Waals surface area contributed by atoms with Crippen LogP contribution in [0.15, 0.2) is 134 Å². The van der Waals surface area contributed by atoms with Gasteiger partial charge in [-0.3, -0.25) is 0 Å². The molecule has 1 fully saturated rings. The van der Waals surface area contributed by atoms with E-state index in [9.17, 15) is 0 Å². The summed E-state index contributed by atoms with van der Waals surface area (Å²) < 4.78 is 33.3. The van der Waals surface area contributed by atoms with E-state index in [1.165, 1.54) is 0 Å². The summed E-state index contributed by atoms with van der Waals surface area (Å²) in [7, 11) is 0. The van der Waals surface area contributed by atoms with Crippen LogP contribution in [0.3, 0.4) is 0 Å². The standard InChI is InChI=1S/C36H38O5Se/c1-2-23-38-34-35(42)41-32(27-37-24-28-15-7-3-8-16-28)33(39-25-29-17-9-4-10-18-29)36(34,31-21-13-6-14-22-31)40-26-30-19-11-5-12-20-30/h2-23,32-35,42H,24-27H2,1H3/t32-,33-,34-,35+,36+/m1/s1. The molecular weight excluding hydrogens is 591 g/mol. The fourth-order valence-electron chi connectivity index (χ4n) is 5.34. The molecule has 0 unspecified atom stereocenters. The fourth-order valence-corrected chi connectivity index (χ4v) is 6.28. The monoisotopic (exact) mass is 630 g/mol. The molecule has 218 valence electrons. The van der Waals surface area contributed by atoms with Crippen molar-refractivity contribution in [1.29, 1.82) is 0 Å². The van der Waals surface area contributed by atoms with Crippen LogP contribution in [-0.2, 0) is 49.1 Å². The van der Waals surface area contributed by atoms with E-state index in [-0.39, 0.29) is 5.00 Å². The van der Waals surface area contributed by atoms with Gasteiger partial charge in [0.2, 0.25) is 0 Å². The van der Waals surface area contributed by atoms with Crippen LogP contribution in [0.4, 0.5) is 0 Å². The average molecular weight is 630 g/mol. The Labute approximate surface area is 257 Å². The van der Waals surface area contributed by atoms with Crippen molar-refractivity contribution in [2.45, 2.75) is 55.7 Å². The summed E-state index contributed by atoms with van der Waals surface area (Å²) >= 11 is 2.63. The molecule has 4 aromatic rings. The van der Waals surface area contributed by atoms with Gasteiger partial charge in [-0.2, -0.15) is 0 Å². The van der Waals surface area contributed by atoms with E-state index in [1.807, 2.05) is 85.8 Å². The van der Waals surface area contributed by atoms with Gasteiger partial charge in [0.15, 0.2) is 0 Å². The summed E-state index contributed by atoms with van der Waals surface area (Å²) in [6, 6.07) is 40.7. The molecule has 0 aliphatic carbocycles. The first kappa shape index (κ1) is 30.2. The molecule has 42 heavy (non-hydrogen) atoms.